The van der Waals surface area contributed by atoms with Crippen molar-refractivity contribution in [1.82, 2.24) is 0 Å². The molecule has 0 heterocycles. The first-order valence-corrected chi connectivity index (χ1v) is 6.43. The normalized spacial score (nSPS) is 11.5. The van der Waals surface area contributed by atoms with Crippen molar-refractivity contribution in [3.8, 4) is 5.75 Å². The average Bonchev–Trinajstić information content (AvgIpc) is 2.40. The monoisotopic (exact) mass is 295 g/mol. The van der Waals surface area contributed by atoms with E-state index in [0.29, 0.717) is 0 Å². The van der Waals surface area contributed by atoms with Gasteiger partial charge < -0.3 is 10.5 Å². The Labute approximate surface area is 121 Å². The summed E-state index contributed by atoms with van der Waals surface area (Å²) in [4.78, 5) is 0. The summed E-state index contributed by atoms with van der Waals surface area (Å²) in [7, 11) is 0. The molecule has 0 unspecified atom stereocenters. The van der Waals surface area contributed by atoms with E-state index in [2.05, 4.69) is 0 Å². The Morgan fingerprint density at radius 3 is 2.29 bits per heavy atom. The molecule has 2 nitrogen and oxygen atoms in total. The van der Waals surface area contributed by atoms with E-state index in [9.17, 15) is 13.2 Å². The zero-order valence-electron chi connectivity index (χ0n) is 11.8. The fraction of sp³-hybridized carbons (Fsp3) is 0.250. The number of halogens is 3. The highest BCUT2D eigenvalue weighted by Gasteiger charge is 2.30. The maximum atomic E-state index is 12.5. The predicted molar refractivity (Wildman–Crippen MR) is 76.1 cm³/mol. The topological polar surface area (TPSA) is 35.2 Å². The molecule has 21 heavy (non-hydrogen) atoms. The molecule has 2 N–H and O–H groups in total. The molecule has 0 atom stereocenters. The molecule has 0 aliphatic rings. The third-order valence-corrected chi connectivity index (χ3v) is 3.30. The van der Waals surface area contributed by atoms with Crippen LogP contribution < -0.4 is 10.5 Å². The number of nitrogens with two attached hydrogens (primary N) is 1. The van der Waals surface area contributed by atoms with E-state index in [1.807, 2.05) is 32.0 Å². The summed E-state index contributed by atoms with van der Waals surface area (Å²) < 4.78 is 43.1. The minimum atomic E-state index is -4.40. The van der Waals surface area contributed by atoms with Crippen LogP contribution >= 0.6 is 0 Å². The van der Waals surface area contributed by atoms with Crippen LogP contribution in [-0.2, 0) is 12.8 Å². The molecule has 2 rings (SSSR count). The van der Waals surface area contributed by atoms with E-state index >= 15 is 0 Å². The number of benzene rings is 2. The fourth-order valence-electron chi connectivity index (χ4n) is 1.91. The Balaban J connectivity index is 2.11. The molecule has 0 aliphatic carbocycles. The minimum absolute atomic E-state index is 0.0198. The van der Waals surface area contributed by atoms with E-state index in [0.717, 1.165) is 23.3 Å². The summed E-state index contributed by atoms with van der Waals surface area (Å²) >= 11 is 0. The molecule has 5 heteroatoms. The summed E-state index contributed by atoms with van der Waals surface area (Å²) in [6.07, 6.45) is -4.40. The molecule has 0 saturated carbocycles. The van der Waals surface area contributed by atoms with E-state index < -0.39 is 11.7 Å². The maximum absolute atomic E-state index is 12.5. The van der Waals surface area contributed by atoms with E-state index in [1.165, 1.54) is 11.6 Å². The van der Waals surface area contributed by atoms with Crippen LogP contribution in [0.3, 0.4) is 0 Å². The van der Waals surface area contributed by atoms with Crippen molar-refractivity contribution < 1.29 is 17.9 Å². The van der Waals surface area contributed by atoms with Crippen molar-refractivity contribution in [3.63, 3.8) is 0 Å². The summed E-state index contributed by atoms with van der Waals surface area (Å²) in [5.41, 5.74) is 8.06. The molecule has 0 spiro atoms. The standard InChI is InChI=1S/C16H16F3NO/c1-10-3-4-12(7-11(10)2)9-21-15-6-5-13(8-14(15)20)16(17,18)19/h3-8H,9,20H2,1-2H3. The Kier molecular flexibility index (Phi) is 4.11. The average molecular weight is 295 g/mol. The first-order valence-electron chi connectivity index (χ1n) is 6.43. The van der Waals surface area contributed by atoms with Crippen LogP contribution in [0.15, 0.2) is 36.4 Å². The molecular formula is C16H16F3NO. The molecule has 0 bridgehead atoms. The van der Waals surface area contributed by atoms with Crippen LogP contribution in [0.2, 0.25) is 0 Å². The predicted octanol–water partition coefficient (Wildman–Crippen LogP) is 4.48. The molecule has 0 aromatic heterocycles. The lowest BCUT2D eigenvalue weighted by Crippen LogP contribution is -2.06. The SMILES string of the molecule is Cc1ccc(COc2ccc(C(F)(F)F)cc2N)cc1C. The van der Waals surface area contributed by atoms with Crippen LogP contribution in [0.1, 0.15) is 22.3 Å². The van der Waals surface area contributed by atoms with Gasteiger partial charge in [0.1, 0.15) is 12.4 Å². The van der Waals surface area contributed by atoms with Gasteiger partial charge in [-0.15, -0.1) is 0 Å². The Hall–Kier alpha value is -2.17. The molecule has 2 aromatic rings. The zero-order chi connectivity index (χ0) is 15.6. The highest BCUT2D eigenvalue weighted by molar-refractivity contribution is 5.54. The highest BCUT2D eigenvalue weighted by Crippen LogP contribution is 2.33. The number of nitrogen functional groups attached to an aromatic ring is 1. The van der Waals surface area contributed by atoms with Crippen molar-refractivity contribution in [2.24, 2.45) is 0 Å². The molecule has 0 saturated heterocycles. The highest BCUT2D eigenvalue weighted by atomic mass is 19.4. The number of hydrogen-bond donors (Lipinski definition) is 1. The first kappa shape index (κ1) is 15.2. The molecule has 0 aliphatic heterocycles. The first-order chi connectivity index (χ1) is 9.77. The van der Waals surface area contributed by atoms with E-state index in [-0.39, 0.29) is 18.0 Å². The quantitative estimate of drug-likeness (QED) is 0.847. The number of alkyl halides is 3. The van der Waals surface area contributed by atoms with Gasteiger partial charge in [-0.2, -0.15) is 13.2 Å². The summed E-state index contributed by atoms with van der Waals surface area (Å²) in [6.45, 7) is 4.26. The summed E-state index contributed by atoms with van der Waals surface area (Å²) in [6, 6.07) is 8.98. The number of anilines is 1. The fourth-order valence-corrected chi connectivity index (χ4v) is 1.91. The molecule has 0 amide bonds. The van der Waals surface area contributed by atoms with Gasteiger partial charge in [0.25, 0.3) is 0 Å². The molecule has 112 valence electrons. The maximum Gasteiger partial charge on any atom is 0.416 e. The van der Waals surface area contributed by atoms with Gasteiger partial charge in [0.05, 0.1) is 11.3 Å². The van der Waals surface area contributed by atoms with Crippen molar-refractivity contribution in [2.45, 2.75) is 26.6 Å². The van der Waals surface area contributed by atoms with Gasteiger partial charge in [-0.1, -0.05) is 18.2 Å². The second-order valence-corrected chi connectivity index (χ2v) is 4.96. The van der Waals surface area contributed by atoms with E-state index in [1.54, 1.807) is 0 Å². The number of rotatable bonds is 3. The molecular weight excluding hydrogens is 279 g/mol. The zero-order valence-corrected chi connectivity index (χ0v) is 11.8. The van der Waals surface area contributed by atoms with E-state index in [4.69, 9.17) is 10.5 Å². The van der Waals surface area contributed by atoms with Crippen molar-refractivity contribution in [3.05, 3.63) is 58.7 Å². The van der Waals surface area contributed by atoms with Gasteiger partial charge in [-0.3, -0.25) is 0 Å². The van der Waals surface area contributed by atoms with Crippen molar-refractivity contribution >= 4 is 5.69 Å². The number of hydrogen-bond acceptors (Lipinski definition) is 2. The number of aryl methyl sites for hydroxylation is 2. The lowest BCUT2D eigenvalue weighted by Gasteiger charge is -2.12. The molecule has 2 aromatic carbocycles. The largest absolute Gasteiger partial charge is 0.487 e. The van der Waals surface area contributed by atoms with Gasteiger partial charge in [0.15, 0.2) is 0 Å². The smallest absolute Gasteiger partial charge is 0.416 e. The van der Waals surface area contributed by atoms with Gasteiger partial charge in [0.2, 0.25) is 0 Å². The van der Waals surface area contributed by atoms with Crippen molar-refractivity contribution in [1.29, 1.82) is 0 Å². The third kappa shape index (κ3) is 3.68. The lowest BCUT2D eigenvalue weighted by molar-refractivity contribution is -0.137. The third-order valence-electron chi connectivity index (χ3n) is 3.30. The van der Waals surface area contributed by atoms with Gasteiger partial charge in [-0.25, -0.2) is 0 Å². The van der Waals surface area contributed by atoms with Gasteiger partial charge in [-0.05, 0) is 48.7 Å². The molecule has 0 fully saturated rings. The summed E-state index contributed by atoms with van der Waals surface area (Å²) in [5, 5.41) is 0. The number of ether oxygens (including phenoxy) is 1. The van der Waals surface area contributed by atoms with Crippen LogP contribution in [0, 0.1) is 13.8 Å². The minimum Gasteiger partial charge on any atom is -0.487 e. The Morgan fingerprint density at radius 1 is 1.00 bits per heavy atom. The Bertz CT molecular complexity index is 650. The lowest BCUT2D eigenvalue weighted by atomic mass is 10.1. The second-order valence-electron chi connectivity index (χ2n) is 4.96. The van der Waals surface area contributed by atoms with Crippen LogP contribution in [0.4, 0.5) is 18.9 Å². The van der Waals surface area contributed by atoms with Crippen LogP contribution in [0.5, 0.6) is 5.75 Å². The van der Waals surface area contributed by atoms with Crippen LogP contribution in [0.25, 0.3) is 0 Å². The molecule has 0 radical (unpaired) electrons. The van der Waals surface area contributed by atoms with Crippen molar-refractivity contribution in [2.75, 3.05) is 5.73 Å². The van der Waals surface area contributed by atoms with Crippen LogP contribution in [-0.4, -0.2) is 0 Å². The summed E-state index contributed by atoms with van der Waals surface area (Å²) in [5.74, 6) is 0.251. The van der Waals surface area contributed by atoms with Gasteiger partial charge in [0, 0.05) is 0 Å². The van der Waals surface area contributed by atoms with Gasteiger partial charge >= 0.3 is 6.18 Å². The Morgan fingerprint density at radius 2 is 1.71 bits per heavy atom. The second kappa shape index (κ2) is 5.68.